The fourth-order valence-electron chi connectivity index (χ4n) is 3.84. The van der Waals surface area contributed by atoms with E-state index < -0.39 is 24.0 Å². The number of nitriles is 1. The van der Waals surface area contributed by atoms with Crippen LogP contribution in [0.2, 0.25) is 0 Å². The van der Waals surface area contributed by atoms with Crippen LogP contribution in [-0.4, -0.2) is 50.4 Å². The Kier molecular flexibility index (Phi) is 6.93. The molecule has 2 amide bonds. The van der Waals surface area contributed by atoms with Gasteiger partial charge in [-0.1, -0.05) is 12.1 Å². The van der Waals surface area contributed by atoms with E-state index in [9.17, 15) is 19.2 Å². The van der Waals surface area contributed by atoms with Crippen molar-refractivity contribution in [1.29, 1.82) is 5.26 Å². The van der Waals surface area contributed by atoms with E-state index in [1.807, 2.05) is 0 Å². The van der Waals surface area contributed by atoms with Gasteiger partial charge in [-0.25, -0.2) is 19.3 Å². The first kappa shape index (κ1) is 23.4. The topological polar surface area (TPSA) is 112 Å². The Labute approximate surface area is 204 Å². The lowest BCUT2D eigenvalue weighted by atomic mass is 10.00. The SMILES string of the molecule is Cc1ncc(-c2cc(C#N)cc(CC(=O)N3C[C@H](F)C[C@H]3C(=O)Nc3cccc(Br)n3)c2)cn1. The van der Waals surface area contributed by atoms with Crippen molar-refractivity contribution in [2.45, 2.75) is 32.0 Å². The summed E-state index contributed by atoms with van der Waals surface area (Å²) in [5, 5.41) is 12.1. The molecule has 3 aromatic rings. The summed E-state index contributed by atoms with van der Waals surface area (Å²) in [5.74, 6) is 0.0274. The van der Waals surface area contributed by atoms with Crippen molar-refractivity contribution < 1.29 is 14.0 Å². The maximum atomic E-state index is 14.3. The number of hydrogen-bond donors (Lipinski definition) is 1. The number of benzene rings is 1. The number of carbonyl (C=O) groups excluding carboxylic acids is 2. The van der Waals surface area contributed by atoms with Crippen LogP contribution >= 0.6 is 15.9 Å². The minimum absolute atomic E-state index is 0.0825. The van der Waals surface area contributed by atoms with Crippen LogP contribution in [0.5, 0.6) is 0 Å². The first-order valence-electron chi connectivity index (χ1n) is 10.5. The summed E-state index contributed by atoms with van der Waals surface area (Å²) >= 11 is 3.24. The predicted octanol–water partition coefficient (Wildman–Crippen LogP) is 3.60. The third-order valence-corrected chi connectivity index (χ3v) is 5.87. The van der Waals surface area contributed by atoms with Crippen LogP contribution in [0.15, 0.2) is 53.4 Å². The number of carbonyl (C=O) groups is 2. The second-order valence-electron chi connectivity index (χ2n) is 7.96. The Hall–Kier alpha value is -3.71. The van der Waals surface area contributed by atoms with E-state index in [1.165, 1.54) is 4.90 Å². The number of aromatic nitrogens is 3. The van der Waals surface area contributed by atoms with Gasteiger partial charge < -0.3 is 10.2 Å². The van der Waals surface area contributed by atoms with Crippen molar-refractivity contribution in [3.63, 3.8) is 0 Å². The van der Waals surface area contributed by atoms with E-state index in [4.69, 9.17) is 0 Å². The van der Waals surface area contributed by atoms with Crippen LogP contribution in [0.1, 0.15) is 23.4 Å². The maximum Gasteiger partial charge on any atom is 0.248 e. The van der Waals surface area contributed by atoms with Crippen LogP contribution in [0.4, 0.5) is 10.2 Å². The quantitative estimate of drug-likeness (QED) is 0.512. The highest BCUT2D eigenvalue weighted by molar-refractivity contribution is 9.10. The number of halogens is 2. The number of aryl methyl sites for hydroxylation is 1. The molecule has 1 N–H and O–H groups in total. The van der Waals surface area contributed by atoms with Crippen molar-refractivity contribution in [2.24, 2.45) is 0 Å². The highest BCUT2D eigenvalue weighted by Gasteiger charge is 2.39. The minimum Gasteiger partial charge on any atom is -0.327 e. The highest BCUT2D eigenvalue weighted by Crippen LogP contribution is 2.25. The number of amides is 2. The summed E-state index contributed by atoms with van der Waals surface area (Å²) in [6.07, 6.45) is 1.82. The molecule has 0 bridgehead atoms. The smallest absolute Gasteiger partial charge is 0.248 e. The molecule has 1 saturated heterocycles. The van der Waals surface area contributed by atoms with Gasteiger partial charge in [0.15, 0.2) is 0 Å². The molecule has 1 aliphatic rings. The van der Waals surface area contributed by atoms with E-state index in [0.717, 1.165) is 0 Å². The molecule has 1 aromatic carbocycles. The van der Waals surface area contributed by atoms with Crippen molar-refractivity contribution in [3.8, 4) is 17.2 Å². The molecule has 0 aliphatic carbocycles. The number of alkyl halides is 1. The molecule has 1 aliphatic heterocycles. The molecule has 2 aromatic heterocycles. The van der Waals surface area contributed by atoms with Crippen LogP contribution in [0, 0.1) is 18.3 Å². The van der Waals surface area contributed by atoms with Gasteiger partial charge in [0.2, 0.25) is 11.8 Å². The van der Waals surface area contributed by atoms with Gasteiger partial charge in [-0.3, -0.25) is 9.59 Å². The third kappa shape index (κ3) is 5.43. The predicted molar refractivity (Wildman–Crippen MR) is 126 cm³/mol. The number of likely N-dealkylation sites (tertiary alicyclic amines) is 1. The second kappa shape index (κ2) is 10.1. The Morgan fingerprint density at radius 1 is 1.24 bits per heavy atom. The molecule has 10 heteroatoms. The normalized spacial score (nSPS) is 17.3. The van der Waals surface area contributed by atoms with Gasteiger partial charge in [-0.15, -0.1) is 0 Å². The first-order valence-corrected chi connectivity index (χ1v) is 11.3. The average molecular weight is 523 g/mol. The monoisotopic (exact) mass is 522 g/mol. The van der Waals surface area contributed by atoms with Crippen LogP contribution < -0.4 is 5.32 Å². The zero-order valence-electron chi connectivity index (χ0n) is 18.2. The third-order valence-electron chi connectivity index (χ3n) is 5.43. The largest absolute Gasteiger partial charge is 0.327 e. The molecular weight excluding hydrogens is 503 g/mol. The first-order chi connectivity index (χ1) is 16.3. The van der Waals surface area contributed by atoms with E-state index >= 15 is 0 Å². The van der Waals surface area contributed by atoms with Crippen molar-refractivity contribution in [1.82, 2.24) is 19.9 Å². The van der Waals surface area contributed by atoms with Gasteiger partial charge in [0.1, 0.15) is 28.5 Å². The number of pyridine rings is 1. The highest BCUT2D eigenvalue weighted by atomic mass is 79.9. The fraction of sp³-hybridized carbons (Fsp3) is 0.250. The average Bonchev–Trinajstić information content (AvgIpc) is 3.21. The number of anilines is 1. The maximum absolute atomic E-state index is 14.3. The number of hydrogen-bond acceptors (Lipinski definition) is 6. The van der Waals surface area contributed by atoms with Crippen LogP contribution in [0.25, 0.3) is 11.1 Å². The van der Waals surface area contributed by atoms with Gasteiger partial charge in [0.25, 0.3) is 0 Å². The molecule has 4 rings (SSSR count). The summed E-state index contributed by atoms with van der Waals surface area (Å²) in [5.41, 5.74) is 2.36. The summed E-state index contributed by atoms with van der Waals surface area (Å²) in [6.45, 7) is 1.60. The molecule has 0 spiro atoms. The van der Waals surface area contributed by atoms with Gasteiger partial charge in [0.05, 0.1) is 24.6 Å². The van der Waals surface area contributed by atoms with Gasteiger partial charge >= 0.3 is 0 Å². The van der Waals surface area contributed by atoms with Gasteiger partial charge in [-0.05, 0) is 58.2 Å². The Bertz CT molecular complexity index is 1280. The number of nitrogens with zero attached hydrogens (tertiary/aromatic N) is 5. The molecular formula is C24H20BrFN6O2. The summed E-state index contributed by atoms with van der Waals surface area (Å²) < 4.78 is 14.8. The van der Waals surface area contributed by atoms with E-state index in [-0.39, 0.29) is 19.4 Å². The van der Waals surface area contributed by atoms with Gasteiger partial charge in [0, 0.05) is 24.4 Å². The standard InChI is InChI=1S/C24H20BrFN6O2/c1-14-28-11-18(12-29-14)17-6-15(5-16(7-17)10-27)8-23(33)32-13-19(26)9-20(32)24(34)31-22-4-2-3-21(25)30-22/h2-7,11-12,19-20H,8-9,13H2,1H3,(H,30,31,34)/t19-,20+/m1/s1. The minimum atomic E-state index is -1.30. The lowest BCUT2D eigenvalue weighted by Crippen LogP contribution is -2.44. The molecule has 3 heterocycles. The van der Waals surface area contributed by atoms with E-state index in [1.54, 1.807) is 55.7 Å². The molecule has 8 nitrogen and oxygen atoms in total. The molecule has 1 fully saturated rings. The molecule has 0 unspecified atom stereocenters. The van der Waals surface area contributed by atoms with Crippen LogP contribution in [-0.2, 0) is 16.0 Å². The van der Waals surface area contributed by atoms with E-state index in [0.29, 0.717) is 38.5 Å². The lowest BCUT2D eigenvalue weighted by molar-refractivity contribution is -0.136. The Balaban J connectivity index is 1.53. The lowest BCUT2D eigenvalue weighted by Gasteiger charge is -2.23. The molecule has 2 atom stereocenters. The van der Waals surface area contributed by atoms with Gasteiger partial charge in [-0.2, -0.15) is 5.26 Å². The molecule has 0 saturated carbocycles. The summed E-state index contributed by atoms with van der Waals surface area (Å²) in [6, 6.07) is 11.3. The second-order valence-corrected chi connectivity index (χ2v) is 8.77. The summed E-state index contributed by atoms with van der Waals surface area (Å²) in [4.78, 5) is 39.7. The molecule has 172 valence electrons. The van der Waals surface area contributed by atoms with Crippen LogP contribution in [0.3, 0.4) is 0 Å². The zero-order chi connectivity index (χ0) is 24.2. The number of rotatable bonds is 5. The van der Waals surface area contributed by atoms with Crippen molar-refractivity contribution >= 4 is 33.6 Å². The molecule has 34 heavy (non-hydrogen) atoms. The Morgan fingerprint density at radius 3 is 2.71 bits per heavy atom. The number of nitrogens with one attached hydrogen (secondary N) is 1. The zero-order valence-corrected chi connectivity index (χ0v) is 19.8. The Morgan fingerprint density at radius 2 is 2.00 bits per heavy atom. The fourth-order valence-corrected chi connectivity index (χ4v) is 4.18. The molecule has 0 radical (unpaired) electrons. The summed E-state index contributed by atoms with van der Waals surface area (Å²) in [7, 11) is 0. The van der Waals surface area contributed by atoms with Crippen molar-refractivity contribution in [3.05, 3.63) is 70.3 Å². The van der Waals surface area contributed by atoms with E-state index in [2.05, 4.69) is 42.3 Å². The van der Waals surface area contributed by atoms with Crippen molar-refractivity contribution in [2.75, 3.05) is 11.9 Å².